The zero-order valence-electron chi connectivity index (χ0n) is 14.5. The van der Waals surface area contributed by atoms with Crippen molar-refractivity contribution in [1.29, 1.82) is 0 Å². The van der Waals surface area contributed by atoms with Crippen molar-refractivity contribution in [3.63, 3.8) is 0 Å². The van der Waals surface area contributed by atoms with Crippen LogP contribution in [-0.4, -0.2) is 43.0 Å². The molecule has 7 heteroatoms. The van der Waals surface area contributed by atoms with Crippen molar-refractivity contribution < 1.29 is 4.79 Å². The lowest BCUT2D eigenvalue weighted by atomic mass is 10.1. The Kier molecular flexibility index (Phi) is 8.90. The van der Waals surface area contributed by atoms with E-state index in [4.69, 9.17) is 0 Å². The lowest BCUT2D eigenvalue weighted by molar-refractivity contribution is 0.0963. The van der Waals surface area contributed by atoms with Crippen LogP contribution >= 0.6 is 35.7 Å². The minimum Gasteiger partial charge on any atom is -0.355 e. The summed E-state index contributed by atoms with van der Waals surface area (Å²) < 4.78 is 0.302. The third kappa shape index (κ3) is 6.16. The number of benzene rings is 1. The lowest BCUT2D eigenvalue weighted by Crippen LogP contribution is -2.43. The van der Waals surface area contributed by atoms with Crippen LogP contribution in [0.1, 0.15) is 35.7 Å². The van der Waals surface area contributed by atoms with Crippen LogP contribution in [0.5, 0.6) is 0 Å². The standard InChI is InChI=1S/C17H26N4OS.HI/c1-17(8-5-9-23-17)12-21-16(19-3)20-11-13-6-4-7-14(10-13)15(22)18-2;/h4,6-7,10H,5,8-9,11-12H2,1-3H3,(H,18,22)(H2,19,20,21);1H. The minimum atomic E-state index is -0.0689. The van der Waals surface area contributed by atoms with Crippen molar-refractivity contribution in [2.75, 3.05) is 26.4 Å². The summed E-state index contributed by atoms with van der Waals surface area (Å²) in [6.07, 6.45) is 2.54. The van der Waals surface area contributed by atoms with Gasteiger partial charge in [-0.25, -0.2) is 0 Å². The fourth-order valence-electron chi connectivity index (χ4n) is 2.62. The molecule has 2 rings (SSSR count). The molecule has 0 spiro atoms. The molecule has 5 nitrogen and oxygen atoms in total. The maximum atomic E-state index is 11.7. The first-order valence-corrected chi connectivity index (χ1v) is 8.94. The van der Waals surface area contributed by atoms with Crippen molar-refractivity contribution in [3.05, 3.63) is 35.4 Å². The van der Waals surface area contributed by atoms with Gasteiger partial charge in [0.05, 0.1) is 0 Å². The fraction of sp³-hybridized carbons (Fsp3) is 0.529. The maximum Gasteiger partial charge on any atom is 0.251 e. The first kappa shape index (κ1) is 21.1. The third-order valence-electron chi connectivity index (χ3n) is 4.03. The maximum absolute atomic E-state index is 11.7. The number of thioether (sulfide) groups is 1. The molecule has 1 aliphatic heterocycles. The Balaban J connectivity index is 0.00000288. The number of amides is 1. The summed E-state index contributed by atoms with van der Waals surface area (Å²) in [5, 5.41) is 9.36. The largest absolute Gasteiger partial charge is 0.355 e. The second kappa shape index (κ2) is 10.1. The summed E-state index contributed by atoms with van der Waals surface area (Å²) in [6.45, 7) is 3.85. The van der Waals surface area contributed by atoms with Gasteiger partial charge in [0, 0.05) is 37.5 Å². The number of rotatable bonds is 5. The normalized spacial score (nSPS) is 20.2. The predicted octanol–water partition coefficient (Wildman–Crippen LogP) is 2.61. The molecule has 1 atom stereocenters. The Labute approximate surface area is 165 Å². The highest BCUT2D eigenvalue weighted by Gasteiger charge is 2.29. The van der Waals surface area contributed by atoms with Gasteiger partial charge in [-0.15, -0.1) is 24.0 Å². The Morgan fingerprint density at radius 1 is 1.38 bits per heavy atom. The number of halogens is 1. The Hall–Kier alpha value is -0.960. The van der Waals surface area contributed by atoms with Crippen LogP contribution in [0.25, 0.3) is 0 Å². The van der Waals surface area contributed by atoms with E-state index in [9.17, 15) is 4.79 Å². The second-order valence-electron chi connectivity index (χ2n) is 5.96. The van der Waals surface area contributed by atoms with Crippen LogP contribution in [0.15, 0.2) is 29.3 Å². The summed E-state index contributed by atoms with van der Waals surface area (Å²) in [4.78, 5) is 15.9. The molecule has 1 aromatic carbocycles. The predicted molar refractivity (Wildman–Crippen MR) is 114 cm³/mol. The first-order chi connectivity index (χ1) is 11.1. The monoisotopic (exact) mass is 462 g/mol. The van der Waals surface area contributed by atoms with Crippen LogP contribution in [-0.2, 0) is 6.54 Å². The molecule has 1 amide bonds. The molecular formula is C17H27IN4OS. The molecule has 1 aliphatic rings. The number of nitrogens with one attached hydrogen (secondary N) is 3. The fourth-order valence-corrected chi connectivity index (χ4v) is 3.86. The van der Waals surface area contributed by atoms with E-state index in [0.717, 1.165) is 18.1 Å². The molecule has 0 saturated carbocycles. The van der Waals surface area contributed by atoms with Crippen molar-refractivity contribution in [3.8, 4) is 0 Å². The van der Waals surface area contributed by atoms with E-state index < -0.39 is 0 Å². The summed E-state index contributed by atoms with van der Waals surface area (Å²) in [6, 6.07) is 7.61. The minimum absolute atomic E-state index is 0. The van der Waals surface area contributed by atoms with Crippen LogP contribution in [0, 0.1) is 0 Å². The van der Waals surface area contributed by atoms with Crippen molar-refractivity contribution in [1.82, 2.24) is 16.0 Å². The SMILES string of the molecule is CN=C(NCc1cccc(C(=O)NC)c1)NCC1(C)CCCS1.I. The van der Waals surface area contributed by atoms with Gasteiger partial charge in [-0.1, -0.05) is 12.1 Å². The number of guanidine groups is 1. The summed E-state index contributed by atoms with van der Waals surface area (Å²) in [7, 11) is 3.42. The van der Waals surface area contributed by atoms with E-state index in [-0.39, 0.29) is 29.9 Å². The molecule has 1 heterocycles. The topological polar surface area (TPSA) is 65.5 Å². The Bertz CT molecular complexity index is 573. The van der Waals surface area contributed by atoms with Gasteiger partial charge >= 0.3 is 0 Å². The average molecular weight is 462 g/mol. The van der Waals surface area contributed by atoms with Crippen LogP contribution in [0.3, 0.4) is 0 Å². The summed E-state index contributed by atoms with van der Waals surface area (Å²) in [5.74, 6) is 1.97. The van der Waals surface area contributed by atoms with Gasteiger partial charge in [0.2, 0.25) is 0 Å². The number of nitrogens with zero attached hydrogens (tertiary/aromatic N) is 1. The quantitative estimate of drug-likeness (QED) is 0.358. The lowest BCUT2D eigenvalue weighted by Gasteiger charge is -2.24. The van der Waals surface area contributed by atoms with Crippen LogP contribution in [0.4, 0.5) is 0 Å². The highest BCUT2D eigenvalue weighted by Crippen LogP contribution is 2.36. The van der Waals surface area contributed by atoms with E-state index in [2.05, 4.69) is 27.9 Å². The Morgan fingerprint density at radius 2 is 2.17 bits per heavy atom. The molecule has 1 aromatic rings. The van der Waals surface area contributed by atoms with E-state index in [1.54, 1.807) is 14.1 Å². The number of carbonyl (C=O) groups excluding carboxylic acids is 1. The smallest absolute Gasteiger partial charge is 0.251 e. The highest BCUT2D eigenvalue weighted by molar-refractivity contribution is 14.0. The molecule has 1 unspecified atom stereocenters. The van der Waals surface area contributed by atoms with Gasteiger partial charge in [-0.05, 0) is 43.2 Å². The van der Waals surface area contributed by atoms with Gasteiger partial charge in [0.1, 0.15) is 0 Å². The molecule has 0 bridgehead atoms. The molecular weight excluding hydrogens is 435 g/mol. The van der Waals surface area contributed by atoms with Gasteiger partial charge < -0.3 is 16.0 Å². The van der Waals surface area contributed by atoms with E-state index in [1.807, 2.05) is 36.0 Å². The number of carbonyl (C=O) groups is 1. The van der Waals surface area contributed by atoms with E-state index >= 15 is 0 Å². The van der Waals surface area contributed by atoms with Gasteiger partial charge in [0.15, 0.2) is 5.96 Å². The molecule has 24 heavy (non-hydrogen) atoms. The molecule has 1 saturated heterocycles. The van der Waals surface area contributed by atoms with Crippen LogP contribution < -0.4 is 16.0 Å². The first-order valence-electron chi connectivity index (χ1n) is 7.96. The van der Waals surface area contributed by atoms with Gasteiger partial charge in [-0.3, -0.25) is 9.79 Å². The zero-order chi connectivity index (χ0) is 16.7. The molecule has 3 N–H and O–H groups in total. The highest BCUT2D eigenvalue weighted by atomic mass is 127. The average Bonchev–Trinajstić information content (AvgIpc) is 3.01. The number of hydrogen-bond acceptors (Lipinski definition) is 3. The molecule has 0 aromatic heterocycles. The third-order valence-corrected chi connectivity index (χ3v) is 5.57. The van der Waals surface area contributed by atoms with E-state index in [1.165, 1.54) is 18.6 Å². The zero-order valence-corrected chi connectivity index (χ0v) is 17.7. The van der Waals surface area contributed by atoms with E-state index in [0.29, 0.717) is 16.9 Å². The van der Waals surface area contributed by atoms with Crippen LogP contribution in [0.2, 0.25) is 0 Å². The van der Waals surface area contributed by atoms with Crippen molar-refractivity contribution in [2.24, 2.45) is 4.99 Å². The number of aliphatic imine (C=N–C) groups is 1. The summed E-state index contributed by atoms with van der Waals surface area (Å²) >= 11 is 2.03. The number of hydrogen-bond donors (Lipinski definition) is 3. The molecule has 0 radical (unpaired) electrons. The van der Waals surface area contributed by atoms with Crippen molar-refractivity contribution in [2.45, 2.75) is 31.1 Å². The molecule has 0 aliphatic carbocycles. The Morgan fingerprint density at radius 3 is 2.79 bits per heavy atom. The van der Waals surface area contributed by atoms with Gasteiger partial charge in [-0.2, -0.15) is 11.8 Å². The molecule has 1 fully saturated rings. The van der Waals surface area contributed by atoms with Crippen molar-refractivity contribution >= 4 is 47.6 Å². The van der Waals surface area contributed by atoms with Gasteiger partial charge in [0.25, 0.3) is 5.91 Å². The molecule has 134 valence electrons. The second-order valence-corrected chi connectivity index (χ2v) is 7.64. The summed E-state index contributed by atoms with van der Waals surface area (Å²) in [5.41, 5.74) is 1.72.